The summed E-state index contributed by atoms with van der Waals surface area (Å²) in [5, 5.41) is 7.87. The number of hydrogen-bond acceptors (Lipinski definition) is 5. The van der Waals surface area contributed by atoms with E-state index in [9.17, 15) is 4.79 Å². The molecule has 1 N–H and O–H groups in total. The number of nitrogens with one attached hydrogen (secondary N) is 1. The predicted octanol–water partition coefficient (Wildman–Crippen LogP) is 4.58. The number of halogens is 1. The average molecular weight is 404 g/mol. The van der Waals surface area contributed by atoms with Crippen molar-refractivity contribution in [2.75, 3.05) is 0 Å². The number of rotatable bonds is 5. The molecule has 7 heteroatoms. The molecule has 1 atom stereocenters. The third-order valence-electron chi connectivity index (χ3n) is 4.34. The van der Waals surface area contributed by atoms with Crippen molar-refractivity contribution in [1.82, 2.24) is 15.5 Å². The molecule has 6 nitrogen and oxygen atoms in total. The van der Waals surface area contributed by atoms with Crippen LogP contribution in [0.2, 0.25) is 0 Å². The van der Waals surface area contributed by atoms with Gasteiger partial charge in [-0.1, -0.05) is 31.1 Å². The maximum atomic E-state index is 12.7. The first-order valence-corrected chi connectivity index (χ1v) is 9.14. The van der Waals surface area contributed by atoms with Crippen molar-refractivity contribution < 1.29 is 13.7 Å². The summed E-state index contributed by atoms with van der Waals surface area (Å²) >= 11 is 3.43. The number of amides is 1. The van der Waals surface area contributed by atoms with Crippen LogP contribution in [0, 0.1) is 5.92 Å². The van der Waals surface area contributed by atoms with E-state index in [0.29, 0.717) is 17.4 Å². The van der Waals surface area contributed by atoms with Gasteiger partial charge in [-0.15, -0.1) is 0 Å². The fraction of sp³-hybridized carbons (Fsp3) is 0.389. The van der Waals surface area contributed by atoms with Gasteiger partial charge in [-0.2, -0.15) is 4.98 Å². The summed E-state index contributed by atoms with van der Waals surface area (Å²) in [6, 6.07) is 7.06. The van der Waals surface area contributed by atoms with Gasteiger partial charge in [0, 0.05) is 11.3 Å². The lowest BCUT2D eigenvalue weighted by Gasteiger charge is -2.17. The number of carbonyl (C=O) groups excluding carboxylic acids is 1. The van der Waals surface area contributed by atoms with Gasteiger partial charge in [0.1, 0.15) is 11.6 Å². The van der Waals surface area contributed by atoms with E-state index in [-0.39, 0.29) is 23.6 Å². The molecular formula is C18H18BrN3O3. The molecular weight excluding hydrogens is 386 g/mol. The number of aromatic nitrogens is 2. The van der Waals surface area contributed by atoms with Crippen LogP contribution in [0.3, 0.4) is 0 Å². The van der Waals surface area contributed by atoms with Gasteiger partial charge in [0.2, 0.25) is 5.89 Å². The largest absolute Gasteiger partial charge is 0.450 e. The molecule has 1 aliphatic carbocycles. The van der Waals surface area contributed by atoms with Crippen LogP contribution in [0.25, 0.3) is 11.0 Å². The van der Waals surface area contributed by atoms with Crippen molar-refractivity contribution >= 4 is 32.8 Å². The SMILES string of the molecule is CC(C)C(NC(=O)c1cc2cccc(Br)c2o1)c1nc(C2CC2)no1. The maximum absolute atomic E-state index is 12.7. The third-order valence-corrected chi connectivity index (χ3v) is 4.96. The zero-order chi connectivity index (χ0) is 17.6. The average Bonchev–Trinajstić information content (AvgIpc) is 3.15. The number of carbonyl (C=O) groups is 1. The van der Waals surface area contributed by atoms with Gasteiger partial charge in [0.25, 0.3) is 5.91 Å². The number of para-hydroxylation sites is 1. The standard InChI is InChI=1S/C18H18BrN3O3/c1-9(2)14(18-21-16(22-25-18)10-6-7-10)20-17(23)13-8-11-4-3-5-12(19)15(11)24-13/h3-5,8-10,14H,6-7H2,1-2H3,(H,20,23). The summed E-state index contributed by atoms with van der Waals surface area (Å²) in [7, 11) is 0. The summed E-state index contributed by atoms with van der Waals surface area (Å²) in [5.74, 6) is 1.66. The van der Waals surface area contributed by atoms with Gasteiger partial charge in [-0.05, 0) is 46.8 Å². The van der Waals surface area contributed by atoms with Crippen LogP contribution in [-0.4, -0.2) is 16.0 Å². The molecule has 1 amide bonds. The summed E-state index contributed by atoms with van der Waals surface area (Å²) in [4.78, 5) is 17.1. The normalized spacial score (nSPS) is 15.7. The lowest BCUT2D eigenvalue weighted by Crippen LogP contribution is -2.31. The molecule has 1 fully saturated rings. The fourth-order valence-corrected chi connectivity index (χ4v) is 3.21. The Kier molecular flexibility index (Phi) is 4.11. The van der Waals surface area contributed by atoms with Crippen LogP contribution < -0.4 is 5.32 Å². The van der Waals surface area contributed by atoms with E-state index >= 15 is 0 Å². The smallest absolute Gasteiger partial charge is 0.287 e. The van der Waals surface area contributed by atoms with E-state index in [0.717, 1.165) is 28.5 Å². The Morgan fingerprint density at radius 2 is 2.16 bits per heavy atom. The molecule has 2 aromatic heterocycles. The zero-order valence-corrected chi connectivity index (χ0v) is 15.5. The minimum atomic E-state index is -0.357. The minimum Gasteiger partial charge on any atom is -0.450 e. The Morgan fingerprint density at radius 3 is 2.84 bits per heavy atom. The van der Waals surface area contributed by atoms with Crippen LogP contribution in [0.5, 0.6) is 0 Å². The van der Waals surface area contributed by atoms with E-state index in [2.05, 4.69) is 31.4 Å². The fourth-order valence-electron chi connectivity index (χ4n) is 2.75. The molecule has 0 radical (unpaired) electrons. The first-order chi connectivity index (χ1) is 12.0. The van der Waals surface area contributed by atoms with Crippen LogP contribution in [0.15, 0.2) is 37.7 Å². The molecule has 0 bridgehead atoms. The summed E-state index contributed by atoms with van der Waals surface area (Å²) in [5.41, 5.74) is 0.655. The van der Waals surface area contributed by atoms with Crippen LogP contribution in [-0.2, 0) is 0 Å². The van der Waals surface area contributed by atoms with E-state index < -0.39 is 0 Å². The highest BCUT2D eigenvalue weighted by molar-refractivity contribution is 9.10. The van der Waals surface area contributed by atoms with Crippen molar-refractivity contribution in [3.63, 3.8) is 0 Å². The molecule has 25 heavy (non-hydrogen) atoms. The zero-order valence-electron chi connectivity index (χ0n) is 14.0. The summed E-state index contributed by atoms with van der Waals surface area (Å²) in [6.45, 7) is 4.00. The highest BCUT2D eigenvalue weighted by atomic mass is 79.9. The molecule has 0 saturated heterocycles. The molecule has 2 heterocycles. The summed E-state index contributed by atoms with van der Waals surface area (Å²) < 4.78 is 11.9. The minimum absolute atomic E-state index is 0.104. The van der Waals surface area contributed by atoms with Crippen molar-refractivity contribution in [2.24, 2.45) is 5.92 Å². The van der Waals surface area contributed by atoms with Crippen LogP contribution in [0.1, 0.15) is 60.9 Å². The molecule has 1 saturated carbocycles. The number of furan rings is 1. The molecule has 3 aromatic rings. The lowest BCUT2D eigenvalue weighted by atomic mass is 10.0. The van der Waals surface area contributed by atoms with E-state index in [4.69, 9.17) is 8.94 Å². The monoisotopic (exact) mass is 403 g/mol. The van der Waals surface area contributed by atoms with Crippen molar-refractivity contribution in [2.45, 2.75) is 38.6 Å². The number of hydrogen-bond donors (Lipinski definition) is 1. The number of benzene rings is 1. The lowest BCUT2D eigenvalue weighted by molar-refractivity contribution is 0.0888. The Morgan fingerprint density at radius 1 is 1.36 bits per heavy atom. The first kappa shape index (κ1) is 16.3. The van der Waals surface area contributed by atoms with Gasteiger partial charge in [0.05, 0.1) is 4.47 Å². The molecule has 0 spiro atoms. The van der Waals surface area contributed by atoms with Gasteiger partial charge in [-0.25, -0.2) is 0 Å². The van der Waals surface area contributed by atoms with E-state index in [1.165, 1.54) is 0 Å². The first-order valence-electron chi connectivity index (χ1n) is 8.35. The second kappa shape index (κ2) is 6.29. The van der Waals surface area contributed by atoms with E-state index in [1.807, 2.05) is 32.0 Å². The highest BCUT2D eigenvalue weighted by Gasteiger charge is 2.32. The topological polar surface area (TPSA) is 81.2 Å². The Hall–Kier alpha value is -2.15. The second-order valence-corrected chi connectivity index (χ2v) is 7.58. The Balaban J connectivity index is 1.58. The molecule has 1 aromatic carbocycles. The van der Waals surface area contributed by atoms with Gasteiger partial charge >= 0.3 is 0 Å². The highest BCUT2D eigenvalue weighted by Crippen LogP contribution is 2.38. The second-order valence-electron chi connectivity index (χ2n) is 6.73. The van der Waals surface area contributed by atoms with E-state index in [1.54, 1.807) is 6.07 Å². The van der Waals surface area contributed by atoms with Crippen LogP contribution >= 0.6 is 15.9 Å². The van der Waals surface area contributed by atoms with Crippen molar-refractivity contribution in [3.8, 4) is 0 Å². The van der Waals surface area contributed by atoms with Gasteiger partial charge < -0.3 is 14.3 Å². The Labute approximate surface area is 153 Å². The Bertz CT molecular complexity index is 927. The third kappa shape index (κ3) is 3.20. The number of nitrogens with zero attached hydrogens (tertiary/aromatic N) is 2. The summed E-state index contributed by atoms with van der Waals surface area (Å²) in [6.07, 6.45) is 2.21. The molecule has 1 aliphatic rings. The van der Waals surface area contributed by atoms with Gasteiger partial charge in [0.15, 0.2) is 11.6 Å². The molecule has 130 valence electrons. The molecule has 0 aliphatic heterocycles. The van der Waals surface area contributed by atoms with Crippen LogP contribution in [0.4, 0.5) is 0 Å². The maximum Gasteiger partial charge on any atom is 0.287 e. The van der Waals surface area contributed by atoms with Crippen molar-refractivity contribution in [3.05, 3.63) is 46.2 Å². The molecule has 4 rings (SSSR count). The number of fused-ring (bicyclic) bond motifs is 1. The molecule has 1 unspecified atom stereocenters. The quantitative estimate of drug-likeness (QED) is 0.673. The van der Waals surface area contributed by atoms with Crippen molar-refractivity contribution in [1.29, 1.82) is 0 Å². The predicted molar refractivity (Wildman–Crippen MR) is 95.2 cm³/mol. The van der Waals surface area contributed by atoms with Gasteiger partial charge in [-0.3, -0.25) is 4.79 Å².